The molecule has 2 amide bonds. The second kappa shape index (κ2) is 9.84. The molecular formula is C25H30N4O3. The molecular weight excluding hydrogens is 404 g/mol. The number of carbonyl (C=O) groups excluding carboxylic acids is 2. The average molecular weight is 435 g/mol. The summed E-state index contributed by atoms with van der Waals surface area (Å²) >= 11 is 0. The van der Waals surface area contributed by atoms with E-state index >= 15 is 0 Å². The quantitative estimate of drug-likeness (QED) is 0.605. The summed E-state index contributed by atoms with van der Waals surface area (Å²) in [5.74, 6) is -0.316. The van der Waals surface area contributed by atoms with Gasteiger partial charge in [-0.25, -0.2) is 0 Å². The van der Waals surface area contributed by atoms with Gasteiger partial charge in [0.2, 0.25) is 5.91 Å². The fraction of sp³-hybridized carbons (Fsp3) is 0.400. The second-order valence-corrected chi connectivity index (χ2v) is 8.72. The van der Waals surface area contributed by atoms with Crippen LogP contribution in [0.4, 0.5) is 11.4 Å². The molecule has 3 rings (SSSR count). The maximum absolute atomic E-state index is 12.7. The maximum atomic E-state index is 12.7. The molecule has 0 spiro atoms. The van der Waals surface area contributed by atoms with Crippen LogP contribution >= 0.6 is 0 Å². The van der Waals surface area contributed by atoms with Crippen LogP contribution < -0.4 is 16.0 Å². The van der Waals surface area contributed by atoms with Crippen molar-refractivity contribution in [3.05, 3.63) is 59.2 Å². The van der Waals surface area contributed by atoms with Crippen molar-refractivity contribution in [2.45, 2.75) is 46.3 Å². The van der Waals surface area contributed by atoms with Crippen LogP contribution in [0, 0.1) is 16.7 Å². The van der Waals surface area contributed by atoms with Gasteiger partial charge in [0.15, 0.2) is 0 Å². The van der Waals surface area contributed by atoms with Gasteiger partial charge in [-0.2, -0.15) is 5.26 Å². The van der Waals surface area contributed by atoms with Gasteiger partial charge in [-0.3, -0.25) is 9.59 Å². The zero-order chi connectivity index (χ0) is 23.3. The Hall–Kier alpha value is -3.37. The topological polar surface area (TPSA) is 103 Å². The summed E-state index contributed by atoms with van der Waals surface area (Å²) in [6, 6.07) is 14.7. The smallest absolute Gasteiger partial charge is 0.251 e. The zero-order valence-corrected chi connectivity index (χ0v) is 19.0. The molecule has 0 fully saturated rings. The number of hydrogen-bond acceptors (Lipinski definition) is 5. The number of rotatable bonds is 7. The maximum Gasteiger partial charge on any atom is 0.251 e. The van der Waals surface area contributed by atoms with Gasteiger partial charge in [-0.1, -0.05) is 13.8 Å². The Bertz CT molecular complexity index is 1020. The first-order valence-electron chi connectivity index (χ1n) is 10.8. The lowest BCUT2D eigenvalue weighted by Gasteiger charge is -2.42. The monoisotopic (exact) mass is 434 g/mol. The Kier molecular flexibility index (Phi) is 7.16. The first-order valence-corrected chi connectivity index (χ1v) is 10.8. The summed E-state index contributed by atoms with van der Waals surface area (Å²) < 4.78 is 6.00. The highest BCUT2D eigenvalue weighted by Gasteiger charge is 2.37. The Morgan fingerprint density at radius 3 is 2.56 bits per heavy atom. The zero-order valence-electron chi connectivity index (χ0n) is 19.0. The molecule has 7 heteroatoms. The van der Waals surface area contributed by atoms with E-state index in [9.17, 15) is 14.9 Å². The summed E-state index contributed by atoms with van der Waals surface area (Å²) in [6.07, 6.45) is 0.634. The van der Waals surface area contributed by atoms with Gasteiger partial charge in [-0.05, 0) is 55.8 Å². The first-order chi connectivity index (χ1) is 15.2. The van der Waals surface area contributed by atoms with E-state index in [0.717, 1.165) is 17.7 Å². The van der Waals surface area contributed by atoms with Gasteiger partial charge in [0.1, 0.15) is 0 Å². The number of nitriles is 1. The van der Waals surface area contributed by atoms with E-state index in [-0.39, 0.29) is 29.4 Å². The molecule has 2 aromatic carbocycles. The number of nitrogens with one attached hydrogen (secondary N) is 3. The van der Waals surface area contributed by atoms with Gasteiger partial charge in [0.05, 0.1) is 17.7 Å². The third-order valence-electron chi connectivity index (χ3n) is 5.79. The Labute approximate surface area is 189 Å². The minimum Gasteiger partial charge on any atom is -0.381 e. The summed E-state index contributed by atoms with van der Waals surface area (Å²) in [7, 11) is 0. The van der Waals surface area contributed by atoms with E-state index in [1.165, 1.54) is 6.92 Å². The van der Waals surface area contributed by atoms with Gasteiger partial charge in [-0.15, -0.1) is 0 Å². The lowest BCUT2D eigenvalue weighted by atomic mass is 9.77. The van der Waals surface area contributed by atoms with Crippen molar-refractivity contribution in [1.29, 1.82) is 5.26 Å². The van der Waals surface area contributed by atoms with Crippen LogP contribution in [-0.2, 0) is 9.53 Å². The highest BCUT2D eigenvalue weighted by atomic mass is 16.5. The lowest BCUT2D eigenvalue weighted by Crippen LogP contribution is -2.47. The van der Waals surface area contributed by atoms with E-state index in [2.05, 4.69) is 35.9 Å². The standard InChI is InChI=1S/C25H30N4O3/c1-5-32-22-13-23(29-21-11-6-17(14-26)12-20(21)22)25(3,4)15-27-24(31)18-7-9-19(10-8-18)28-16(2)30/h6-12,22-23,29H,5,13,15H2,1-4H3,(H,27,31)(H,28,30). The molecule has 3 N–H and O–H groups in total. The number of fused-ring (bicyclic) bond motifs is 1. The highest BCUT2D eigenvalue weighted by molar-refractivity contribution is 5.95. The van der Waals surface area contributed by atoms with E-state index in [4.69, 9.17) is 4.74 Å². The molecule has 0 radical (unpaired) electrons. The predicted molar refractivity (Wildman–Crippen MR) is 124 cm³/mol. The van der Waals surface area contributed by atoms with Crippen molar-refractivity contribution in [2.75, 3.05) is 23.8 Å². The minimum atomic E-state index is -0.257. The van der Waals surface area contributed by atoms with Crippen molar-refractivity contribution in [3.63, 3.8) is 0 Å². The van der Waals surface area contributed by atoms with Crippen LogP contribution in [0.5, 0.6) is 0 Å². The molecule has 1 aliphatic rings. The molecule has 0 aromatic heterocycles. The van der Waals surface area contributed by atoms with E-state index in [1.54, 1.807) is 30.3 Å². The molecule has 0 aliphatic carbocycles. The van der Waals surface area contributed by atoms with Crippen molar-refractivity contribution < 1.29 is 14.3 Å². The SMILES string of the molecule is CCOC1CC(C(C)(C)CNC(=O)c2ccc(NC(C)=O)cc2)Nc2ccc(C#N)cc21. The average Bonchev–Trinajstić information content (AvgIpc) is 2.77. The van der Waals surface area contributed by atoms with Gasteiger partial charge in [0, 0.05) is 54.0 Å². The van der Waals surface area contributed by atoms with Gasteiger partial charge >= 0.3 is 0 Å². The molecule has 0 bridgehead atoms. The number of amides is 2. The van der Waals surface area contributed by atoms with Crippen molar-refractivity contribution in [2.24, 2.45) is 5.41 Å². The van der Waals surface area contributed by atoms with Crippen LogP contribution in [0.2, 0.25) is 0 Å². The Morgan fingerprint density at radius 2 is 1.94 bits per heavy atom. The second-order valence-electron chi connectivity index (χ2n) is 8.72. The number of nitrogens with zero attached hydrogens (tertiary/aromatic N) is 1. The number of benzene rings is 2. The molecule has 2 aromatic rings. The number of anilines is 2. The van der Waals surface area contributed by atoms with Crippen LogP contribution in [0.15, 0.2) is 42.5 Å². The molecule has 2 unspecified atom stereocenters. The first kappa shape index (κ1) is 23.3. The summed E-state index contributed by atoms with van der Waals surface area (Å²) in [5.41, 5.74) is 3.51. The number of ether oxygens (including phenoxy) is 1. The summed E-state index contributed by atoms with van der Waals surface area (Å²) in [5, 5.41) is 18.5. The molecule has 2 atom stereocenters. The number of hydrogen-bond donors (Lipinski definition) is 3. The lowest BCUT2D eigenvalue weighted by molar-refractivity contribution is -0.114. The molecule has 32 heavy (non-hydrogen) atoms. The Balaban J connectivity index is 1.68. The molecule has 7 nitrogen and oxygen atoms in total. The third kappa shape index (κ3) is 5.45. The third-order valence-corrected chi connectivity index (χ3v) is 5.79. The minimum absolute atomic E-state index is 0.0712. The summed E-state index contributed by atoms with van der Waals surface area (Å²) in [4.78, 5) is 23.8. The molecule has 1 heterocycles. The fourth-order valence-corrected chi connectivity index (χ4v) is 3.93. The van der Waals surface area contributed by atoms with Crippen molar-refractivity contribution in [1.82, 2.24) is 5.32 Å². The fourth-order valence-electron chi connectivity index (χ4n) is 3.93. The van der Waals surface area contributed by atoms with Crippen molar-refractivity contribution >= 4 is 23.2 Å². The highest BCUT2D eigenvalue weighted by Crippen LogP contribution is 2.40. The summed E-state index contributed by atoms with van der Waals surface area (Å²) in [6.45, 7) is 8.69. The molecule has 168 valence electrons. The van der Waals surface area contributed by atoms with Crippen LogP contribution in [0.1, 0.15) is 61.7 Å². The van der Waals surface area contributed by atoms with E-state index in [1.807, 2.05) is 19.1 Å². The predicted octanol–water partition coefficient (Wildman–Crippen LogP) is 4.23. The molecule has 0 saturated heterocycles. The van der Waals surface area contributed by atoms with E-state index in [0.29, 0.717) is 30.0 Å². The molecule has 0 saturated carbocycles. The van der Waals surface area contributed by atoms with Crippen LogP contribution in [0.25, 0.3) is 0 Å². The largest absolute Gasteiger partial charge is 0.381 e. The van der Waals surface area contributed by atoms with Crippen LogP contribution in [-0.4, -0.2) is 31.0 Å². The van der Waals surface area contributed by atoms with Gasteiger partial charge in [0.25, 0.3) is 5.91 Å². The van der Waals surface area contributed by atoms with Crippen LogP contribution in [0.3, 0.4) is 0 Å². The number of carbonyl (C=O) groups is 2. The molecule has 1 aliphatic heterocycles. The van der Waals surface area contributed by atoms with Gasteiger partial charge < -0.3 is 20.7 Å². The van der Waals surface area contributed by atoms with E-state index < -0.39 is 0 Å². The van der Waals surface area contributed by atoms with Crippen molar-refractivity contribution in [3.8, 4) is 6.07 Å². The Morgan fingerprint density at radius 1 is 1.22 bits per heavy atom. The normalized spacial score (nSPS) is 17.5.